The van der Waals surface area contributed by atoms with Crippen LogP contribution in [0.25, 0.3) is 11.3 Å². The summed E-state index contributed by atoms with van der Waals surface area (Å²) < 4.78 is 2.17. The second-order valence-electron chi connectivity index (χ2n) is 5.22. The van der Waals surface area contributed by atoms with Gasteiger partial charge in [-0.3, -0.25) is 0 Å². The zero-order valence-electron chi connectivity index (χ0n) is 11.1. The summed E-state index contributed by atoms with van der Waals surface area (Å²) in [4.78, 5) is 15.5. The van der Waals surface area contributed by atoms with Gasteiger partial charge in [-0.05, 0) is 31.0 Å². The van der Waals surface area contributed by atoms with Crippen molar-refractivity contribution in [1.29, 1.82) is 0 Å². The van der Waals surface area contributed by atoms with Gasteiger partial charge in [-0.2, -0.15) is 0 Å². The molecule has 2 heterocycles. The Hall–Kier alpha value is -2.14. The summed E-state index contributed by atoms with van der Waals surface area (Å²) in [5.74, 6) is 0.706. The third-order valence-electron chi connectivity index (χ3n) is 3.85. The van der Waals surface area contributed by atoms with Gasteiger partial charge in [0.2, 0.25) is 0 Å². The van der Waals surface area contributed by atoms with E-state index in [0.717, 1.165) is 36.5 Å². The van der Waals surface area contributed by atoms with Crippen molar-refractivity contribution in [2.24, 2.45) is 11.7 Å². The molecule has 3 N–H and O–H groups in total. The number of hydrogen-bond acceptors (Lipinski definition) is 3. The molecular formula is C15H17N3O2. The number of benzene rings is 1. The van der Waals surface area contributed by atoms with E-state index < -0.39 is 5.97 Å². The molecule has 2 aromatic rings. The second-order valence-corrected chi connectivity index (χ2v) is 5.22. The molecule has 1 aliphatic rings. The molecule has 0 saturated heterocycles. The van der Waals surface area contributed by atoms with Gasteiger partial charge in [0.25, 0.3) is 0 Å². The lowest BCUT2D eigenvalue weighted by atomic mass is 10.00. The van der Waals surface area contributed by atoms with E-state index in [1.807, 2.05) is 6.20 Å². The molecule has 5 nitrogen and oxygen atoms in total. The van der Waals surface area contributed by atoms with Crippen molar-refractivity contribution in [3.8, 4) is 11.3 Å². The van der Waals surface area contributed by atoms with Crippen LogP contribution in [0, 0.1) is 5.92 Å². The lowest BCUT2D eigenvalue weighted by Gasteiger charge is -2.21. The van der Waals surface area contributed by atoms with Gasteiger partial charge in [-0.25, -0.2) is 9.78 Å². The predicted octanol–water partition coefficient (Wildman–Crippen LogP) is 1.77. The Bertz CT molecular complexity index is 631. The van der Waals surface area contributed by atoms with E-state index in [2.05, 4.69) is 9.55 Å². The van der Waals surface area contributed by atoms with Crippen molar-refractivity contribution in [2.45, 2.75) is 19.4 Å². The van der Waals surface area contributed by atoms with Crippen molar-refractivity contribution in [2.75, 3.05) is 6.54 Å². The zero-order chi connectivity index (χ0) is 14.1. The Labute approximate surface area is 117 Å². The maximum absolute atomic E-state index is 10.8. The number of aryl methyl sites for hydroxylation is 1. The first kappa shape index (κ1) is 12.9. The topological polar surface area (TPSA) is 81.1 Å². The molecule has 20 heavy (non-hydrogen) atoms. The molecule has 0 radical (unpaired) electrons. The minimum atomic E-state index is -0.911. The van der Waals surface area contributed by atoms with Gasteiger partial charge < -0.3 is 15.4 Å². The molecule has 1 aliphatic heterocycles. The lowest BCUT2D eigenvalue weighted by Crippen LogP contribution is -2.25. The van der Waals surface area contributed by atoms with Crippen LogP contribution < -0.4 is 5.73 Å². The average molecular weight is 271 g/mol. The standard InChI is InChI=1S/C15H17N3O2/c16-7-10-1-6-14-17-13(9-18(14)8-10)11-2-4-12(5-3-11)15(19)20/h2-5,9-10H,1,6-8,16H2,(H,19,20). The summed E-state index contributed by atoms with van der Waals surface area (Å²) in [5, 5.41) is 8.90. The predicted molar refractivity (Wildman–Crippen MR) is 75.5 cm³/mol. The van der Waals surface area contributed by atoms with Gasteiger partial charge in [-0.15, -0.1) is 0 Å². The smallest absolute Gasteiger partial charge is 0.335 e. The van der Waals surface area contributed by atoms with E-state index in [1.165, 1.54) is 0 Å². The average Bonchev–Trinajstić information content (AvgIpc) is 2.90. The van der Waals surface area contributed by atoms with E-state index in [-0.39, 0.29) is 0 Å². The highest BCUT2D eigenvalue weighted by Gasteiger charge is 2.19. The van der Waals surface area contributed by atoms with Gasteiger partial charge >= 0.3 is 5.97 Å². The van der Waals surface area contributed by atoms with Gasteiger partial charge in [0.05, 0.1) is 11.3 Å². The number of rotatable bonds is 3. The molecule has 1 aromatic carbocycles. The normalized spacial score (nSPS) is 17.8. The van der Waals surface area contributed by atoms with Crippen LogP contribution in [-0.4, -0.2) is 27.2 Å². The second kappa shape index (κ2) is 5.09. The van der Waals surface area contributed by atoms with E-state index >= 15 is 0 Å². The Balaban J connectivity index is 1.88. The van der Waals surface area contributed by atoms with Gasteiger partial charge in [-0.1, -0.05) is 12.1 Å². The van der Waals surface area contributed by atoms with Crippen molar-refractivity contribution < 1.29 is 9.90 Å². The van der Waals surface area contributed by atoms with Crippen molar-refractivity contribution in [1.82, 2.24) is 9.55 Å². The summed E-state index contributed by atoms with van der Waals surface area (Å²) in [5.41, 5.74) is 7.87. The molecule has 0 aliphatic carbocycles. The molecule has 1 atom stereocenters. The highest BCUT2D eigenvalue weighted by Crippen LogP contribution is 2.24. The van der Waals surface area contributed by atoms with Crippen molar-refractivity contribution >= 4 is 5.97 Å². The monoisotopic (exact) mass is 271 g/mol. The quantitative estimate of drug-likeness (QED) is 0.891. The molecule has 104 valence electrons. The Morgan fingerprint density at radius 1 is 1.40 bits per heavy atom. The summed E-state index contributed by atoms with van der Waals surface area (Å²) in [6.07, 6.45) is 4.08. The number of hydrogen-bond donors (Lipinski definition) is 2. The van der Waals surface area contributed by atoms with Crippen LogP contribution in [0.4, 0.5) is 0 Å². The summed E-state index contributed by atoms with van der Waals surface area (Å²) in [6, 6.07) is 6.83. The van der Waals surface area contributed by atoms with Crippen LogP contribution in [0.5, 0.6) is 0 Å². The maximum atomic E-state index is 10.8. The van der Waals surface area contributed by atoms with Crippen LogP contribution in [0.2, 0.25) is 0 Å². The number of nitrogens with zero attached hydrogens (tertiary/aromatic N) is 2. The minimum Gasteiger partial charge on any atom is -0.478 e. The molecule has 3 rings (SSSR count). The maximum Gasteiger partial charge on any atom is 0.335 e. The first-order valence-corrected chi connectivity index (χ1v) is 6.77. The fraction of sp³-hybridized carbons (Fsp3) is 0.333. The molecule has 0 saturated carbocycles. The fourth-order valence-electron chi connectivity index (χ4n) is 2.63. The van der Waals surface area contributed by atoms with E-state index in [4.69, 9.17) is 10.8 Å². The third-order valence-corrected chi connectivity index (χ3v) is 3.85. The number of nitrogens with two attached hydrogens (primary N) is 1. The highest BCUT2D eigenvalue weighted by atomic mass is 16.4. The van der Waals surface area contributed by atoms with Crippen LogP contribution >= 0.6 is 0 Å². The van der Waals surface area contributed by atoms with Crippen LogP contribution in [0.1, 0.15) is 22.6 Å². The minimum absolute atomic E-state index is 0.293. The number of aromatic carboxylic acids is 1. The summed E-state index contributed by atoms with van der Waals surface area (Å²) in [6.45, 7) is 1.63. The Morgan fingerprint density at radius 2 is 2.15 bits per heavy atom. The molecular weight excluding hydrogens is 254 g/mol. The molecule has 0 amide bonds. The van der Waals surface area contributed by atoms with Crippen LogP contribution in [-0.2, 0) is 13.0 Å². The van der Waals surface area contributed by atoms with Crippen LogP contribution in [0.15, 0.2) is 30.5 Å². The number of fused-ring (bicyclic) bond motifs is 1. The fourth-order valence-corrected chi connectivity index (χ4v) is 2.63. The number of carboxylic acid groups (broad SMARTS) is 1. The lowest BCUT2D eigenvalue weighted by molar-refractivity contribution is 0.0697. The van der Waals surface area contributed by atoms with E-state index in [1.54, 1.807) is 24.3 Å². The molecule has 1 unspecified atom stereocenters. The number of aromatic nitrogens is 2. The first-order valence-electron chi connectivity index (χ1n) is 6.77. The number of carboxylic acids is 1. The Kier molecular flexibility index (Phi) is 3.28. The van der Waals surface area contributed by atoms with Crippen molar-refractivity contribution in [3.63, 3.8) is 0 Å². The molecule has 5 heteroatoms. The zero-order valence-corrected chi connectivity index (χ0v) is 11.1. The molecule has 0 fully saturated rings. The van der Waals surface area contributed by atoms with Gasteiger partial charge in [0, 0.05) is 24.7 Å². The number of imidazole rings is 1. The summed E-state index contributed by atoms with van der Waals surface area (Å²) in [7, 11) is 0. The third kappa shape index (κ3) is 2.32. The first-order chi connectivity index (χ1) is 9.67. The highest BCUT2D eigenvalue weighted by molar-refractivity contribution is 5.88. The number of carbonyl (C=O) groups is 1. The van der Waals surface area contributed by atoms with Gasteiger partial charge in [0.15, 0.2) is 0 Å². The van der Waals surface area contributed by atoms with E-state index in [0.29, 0.717) is 18.0 Å². The van der Waals surface area contributed by atoms with Crippen LogP contribution in [0.3, 0.4) is 0 Å². The molecule has 0 bridgehead atoms. The summed E-state index contributed by atoms with van der Waals surface area (Å²) >= 11 is 0. The van der Waals surface area contributed by atoms with E-state index in [9.17, 15) is 4.79 Å². The Morgan fingerprint density at radius 3 is 2.80 bits per heavy atom. The molecule has 1 aromatic heterocycles. The van der Waals surface area contributed by atoms with Crippen molar-refractivity contribution in [3.05, 3.63) is 41.9 Å². The largest absolute Gasteiger partial charge is 0.478 e. The van der Waals surface area contributed by atoms with Gasteiger partial charge in [0.1, 0.15) is 5.82 Å². The molecule has 0 spiro atoms. The SMILES string of the molecule is NCC1CCc2nc(-c3ccc(C(=O)O)cc3)cn2C1.